The number of anilines is 1. The SMILES string of the molecule is Cc1ccnn1Cc1cn(C[C@@H]2OC(=O)N(c3ccc(Cl)cc3)[C@H]2c2cc(F)cc(C(F)(F)F)c2)nn1. The first-order chi connectivity index (χ1) is 17.6. The monoisotopic (exact) mass is 534 g/mol. The van der Waals surface area contributed by atoms with Crippen LogP contribution >= 0.6 is 11.6 Å². The van der Waals surface area contributed by atoms with Crippen molar-refractivity contribution in [1.82, 2.24) is 24.8 Å². The number of alkyl halides is 3. The Hall–Kier alpha value is -3.93. The van der Waals surface area contributed by atoms with Gasteiger partial charge < -0.3 is 4.74 Å². The van der Waals surface area contributed by atoms with E-state index in [2.05, 4.69) is 15.4 Å². The minimum Gasteiger partial charge on any atom is -0.441 e. The molecule has 37 heavy (non-hydrogen) atoms. The van der Waals surface area contributed by atoms with Crippen LogP contribution in [0.3, 0.4) is 0 Å². The molecule has 0 spiro atoms. The Kier molecular flexibility index (Phi) is 6.36. The topological polar surface area (TPSA) is 78.1 Å². The molecule has 0 aliphatic carbocycles. The molecule has 4 aromatic rings. The Bertz CT molecular complexity index is 1440. The summed E-state index contributed by atoms with van der Waals surface area (Å²) in [5.41, 5.74) is 0.574. The zero-order valence-corrected chi connectivity index (χ0v) is 20.0. The second kappa shape index (κ2) is 9.51. The molecule has 1 amide bonds. The van der Waals surface area contributed by atoms with Crippen LogP contribution in [-0.4, -0.2) is 37.0 Å². The molecular weight excluding hydrogens is 516 g/mol. The third-order valence-corrected chi connectivity index (χ3v) is 6.22. The zero-order valence-electron chi connectivity index (χ0n) is 19.2. The number of hydrogen-bond donors (Lipinski definition) is 0. The van der Waals surface area contributed by atoms with Gasteiger partial charge in [0.2, 0.25) is 0 Å². The van der Waals surface area contributed by atoms with Gasteiger partial charge in [-0.05, 0) is 61.0 Å². The highest BCUT2D eigenvalue weighted by Crippen LogP contribution is 2.40. The van der Waals surface area contributed by atoms with Crippen LogP contribution in [0.1, 0.15) is 28.6 Å². The molecule has 1 aliphatic rings. The van der Waals surface area contributed by atoms with E-state index in [0.29, 0.717) is 29.0 Å². The Morgan fingerprint density at radius 2 is 1.86 bits per heavy atom. The maximum absolute atomic E-state index is 14.4. The predicted octanol–water partition coefficient (Wildman–Crippen LogP) is 5.41. The highest BCUT2D eigenvalue weighted by atomic mass is 35.5. The molecule has 1 fully saturated rings. The van der Waals surface area contributed by atoms with Gasteiger partial charge in [0.25, 0.3) is 0 Å². The lowest BCUT2D eigenvalue weighted by Crippen LogP contribution is -2.31. The van der Waals surface area contributed by atoms with E-state index >= 15 is 0 Å². The molecule has 0 N–H and O–H groups in total. The summed E-state index contributed by atoms with van der Waals surface area (Å²) in [4.78, 5) is 14.1. The molecule has 1 aliphatic heterocycles. The minimum absolute atomic E-state index is 0.0382. The van der Waals surface area contributed by atoms with Gasteiger partial charge in [0.1, 0.15) is 23.7 Å². The summed E-state index contributed by atoms with van der Waals surface area (Å²) < 4.78 is 63.5. The van der Waals surface area contributed by atoms with Gasteiger partial charge in [0.15, 0.2) is 0 Å². The third kappa shape index (κ3) is 5.15. The van der Waals surface area contributed by atoms with Crippen molar-refractivity contribution in [3.63, 3.8) is 0 Å². The Labute approximate surface area is 213 Å². The van der Waals surface area contributed by atoms with Gasteiger partial charge in [-0.3, -0.25) is 9.58 Å². The fraction of sp³-hybridized carbons (Fsp3) is 0.250. The average molecular weight is 535 g/mol. The number of benzene rings is 2. The lowest BCUT2D eigenvalue weighted by Gasteiger charge is -2.26. The lowest BCUT2D eigenvalue weighted by molar-refractivity contribution is -0.137. The van der Waals surface area contributed by atoms with Gasteiger partial charge in [0.05, 0.1) is 24.8 Å². The van der Waals surface area contributed by atoms with Crippen molar-refractivity contribution in [2.45, 2.75) is 38.3 Å². The van der Waals surface area contributed by atoms with Gasteiger partial charge in [-0.1, -0.05) is 16.8 Å². The van der Waals surface area contributed by atoms with Gasteiger partial charge in [-0.15, -0.1) is 5.10 Å². The van der Waals surface area contributed by atoms with Crippen LogP contribution in [0.25, 0.3) is 0 Å². The summed E-state index contributed by atoms with van der Waals surface area (Å²) in [6, 6.07) is 9.06. The maximum atomic E-state index is 14.4. The first kappa shape index (κ1) is 24.8. The van der Waals surface area contributed by atoms with E-state index in [1.54, 1.807) is 17.1 Å². The summed E-state index contributed by atoms with van der Waals surface area (Å²) in [5.74, 6) is -1.09. The van der Waals surface area contributed by atoms with E-state index in [-0.39, 0.29) is 12.1 Å². The number of aromatic nitrogens is 5. The number of ether oxygens (including phenoxy) is 1. The molecule has 0 radical (unpaired) electrons. The van der Waals surface area contributed by atoms with Gasteiger partial charge in [0, 0.05) is 22.6 Å². The van der Waals surface area contributed by atoms with Crippen LogP contribution in [0.5, 0.6) is 0 Å². The van der Waals surface area contributed by atoms with Crippen molar-refractivity contribution < 1.29 is 27.1 Å². The molecule has 192 valence electrons. The van der Waals surface area contributed by atoms with E-state index in [0.717, 1.165) is 17.8 Å². The van der Waals surface area contributed by atoms with Crippen LogP contribution in [0, 0.1) is 12.7 Å². The molecule has 3 heterocycles. The number of amides is 1. The molecule has 0 unspecified atom stereocenters. The molecule has 0 bridgehead atoms. The van der Waals surface area contributed by atoms with Gasteiger partial charge in [-0.2, -0.15) is 18.3 Å². The highest BCUT2D eigenvalue weighted by molar-refractivity contribution is 6.30. The molecule has 2 aromatic carbocycles. The van der Waals surface area contributed by atoms with Crippen LogP contribution in [0.4, 0.5) is 28.0 Å². The lowest BCUT2D eigenvalue weighted by atomic mass is 9.97. The van der Waals surface area contributed by atoms with E-state index < -0.39 is 35.8 Å². The maximum Gasteiger partial charge on any atom is 0.416 e. The molecule has 1 saturated heterocycles. The molecule has 13 heteroatoms. The number of carbonyl (C=O) groups is 1. The van der Waals surface area contributed by atoms with Crippen LogP contribution in [-0.2, 0) is 24.0 Å². The van der Waals surface area contributed by atoms with Crippen molar-refractivity contribution in [3.8, 4) is 0 Å². The number of carbonyl (C=O) groups excluding carboxylic acids is 1. The number of halogens is 5. The third-order valence-electron chi connectivity index (χ3n) is 5.97. The van der Waals surface area contributed by atoms with E-state index in [9.17, 15) is 22.4 Å². The van der Waals surface area contributed by atoms with Crippen LogP contribution < -0.4 is 4.90 Å². The van der Waals surface area contributed by atoms with Crippen molar-refractivity contribution in [2.24, 2.45) is 0 Å². The number of rotatable bonds is 6. The van der Waals surface area contributed by atoms with Crippen molar-refractivity contribution in [3.05, 3.63) is 94.3 Å². The zero-order chi connectivity index (χ0) is 26.3. The predicted molar refractivity (Wildman–Crippen MR) is 124 cm³/mol. The standard InChI is InChI=1S/C24H19ClF4N6O2/c1-14-6-7-30-34(14)12-19-11-33(32-31-19)13-21-22(15-8-16(24(27,28)29)10-18(26)9-15)35(23(36)37-21)20-4-2-17(25)3-5-20/h2-11,21-22H,12-13H2,1H3/t21-,22-/m0/s1. The normalized spacial score (nSPS) is 17.9. The summed E-state index contributed by atoms with van der Waals surface area (Å²) in [7, 11) is 0. The quantitative estimate of drug-likeness (QED) is 0.309. The Balaban J connectivity index is 1.50. The molecule has 8 nitrogen and oxygen atoms in total. The fourth-order valence-electron chi connectivity index (χ4n) is 4.25. The van der Waals surface area contributed by atoms with Crippen molar-refractivity contribution in [2.75, 3.05) is 4.90 Å². The molecule has 2 aromatic heterocycles. The highest BCUT2D eigenvalue weighted by Gasteiger charge is 2.45. The smallest absolute Gasteiger partial charge is 0.416 e. The minimum atomic E-state index is -4.79. The van der Waals surface area contributed by atoms with Crippen molar-refractivity contribution in [1.29, 1.82) is 0 Å². The Morgan fingerprint density at radius 3 is 2.54 bits per heavy atom. The van der Waals surface area contributed by atoms with E-state index in [1.807, 2.05) is 13.0 Å². The molecule has 2 atom stereocenters. The first-order valence-electron chi connectivity index (χ1n) is 11.1. The summed E-state index contributed by atoms with van der Waals surface area (Å²) in [5, 5.41) is 12.8. The van der Waals surface area contributed by atoms with E-state index in [4.69, 9.17) is 16.3 Å². The van der Waals surface area contributed by atoms with Gasteiger partial charge >= 0.3 is 12.3 Å². The van der Waals surface area contributed by atoms with Crippen LogP contribution in [0.2, 0.25) is 5.02 Å². The number of nitrogens with zero attached hydrogens (tertiary/aromatic N) is 6. The Morgan fingerprint density at radius 1 is 1.11 bits per heavy atom. The van der Waals surface area contributed by atoms with Gasteiger partial charge in [-0.25, -0.2) is 13.9 Å². The number of hydrogen-bond acceptors (Lipinski definition) is 5. The average Bonchev–Trinajstić information content (AvgIpc) is 3.53. The largest absolute Gasteiger partial charge is 0.441 e. The molecule has 5 rings (SSSR count). The van der Waals surface area contributed by atoms with E-state index in [1.165, 1.54) is 33.8 Å². The summed E-state index contributed by atoms with van der Waals surface area (Å²) >= 11 is 5.96. The van der Waals surface area contributed by atoms with Crippen LogP contribution in [0.15, 0.2) is 60.9 Å². The second-order valence-corrected chi connectivity index (χ2v) is 8.98. The summed E-state index contributed by atoms with van der Waals surface area (Å²) in [6.45, 7) is 2.20. The molecular formula is C24H19ClF4N6O2. The summed E-state index contributed by atoms with van der Waals surface area (Å²) in [6.07, 6.45) is -3.31. The second-order valence-electron chi connectivity index (χ2n) is 8.55. The first-order valence-corrected chi connectivity index (χ1v) is 11.5. The number of aryl methyl sites for hydroxylation is 1. The fourth-order valence-corrected chi connectivity index (χ4v) is 4.37. The van der Waals surface area contributed by atoms with Crippen molar-refractivity contribution >= 4 is 23.4 Å². The number of cyclic esters (lactones) is 1. The molecule has 0 saturated carbocycles.